The summed E-state index contributed by atoms with van der Waals surface area (Å²) in [5.41, 5.74) is 0. The van der Waals surface area contributed by atoms with E-state index in [0.29, 0.717) is 0 Å². The fraction of sp³-hybridized carbons (Fsp3) is 0.500. The van der Waals surface area contributed by atoms with Crippen molar-refractivity contribution in [1.29, 1.82) is 0 Å². The molecule has 0 spiro atoms. The van der Waals surface area contributed by atoms with Crippen molar-refractivity contribution < 1.29 is 0 Å². The molecule has 12 heavy (non-hydrogen) atoms. The molecule has 0 N–H and O–H groups in total. The van der Waals surface area contributed by atoms with Gasteiger partial charge in [-0.05, 0) is 6.07 Å². The van der Waals surface area contributed by atoms with E-state index < -0.39 is 0 Å². The molecule has 0 unspecified atom stereocenters. The molecule has 4 heteroatoms. The molecule has 0 aliphatic carbocycles. The largest absolute Gasteiger partial charge is 0.339 e. The minimum atomic E-state index is 0.873. The summed E-state index contributed by atoms with van der Waals surface area (Å²) in [5, 5.41) is 0. The van der Waals surface area contributed by atoms with Crippen LogP contribution in [0.4, 0.5) is 5.95 Å². The van der Waals surface area contributed by atoms with E-state index in [9.17, 15) is 0 Å². The first kappa shape index (κ1) is 7.86. The standard InChI is InChI=1S/C8H11N3S/c1-2-9-8(10-3-1)11-4-6-12-7-5-11/h1-3H,4-7H2. The Bertz CT molecular complexity index is 233. The summed E-state index contributed by atoms with van der Waals surface area (Å²) in [5.74, 6) is 3.26. The lowest BCUT2D eigenvalue weighted by atomic mass is 10.5. The van der Waals surface area contributed by atoms with Crippen molar-refractivity contribution in [2.75, 3.05) is 29.5 Å². The summed E-state index contributed by atoms with van der Waals surface area (Å²) >= 11 is 2.00. The third-order valence-electron chi connectivity index (χ3n) is 1.85. The number of rotatable bonds is 1. The van der Waals surface area contributed by atoms with Crippen LogP contribution in [0.25, 0.3) is 0 Å². The zero-order valence-electron chi connectivity index (χ0n) is 6.81. The van der Waals surface area contributed by atoms with Gasteiger partial charge in [0.2, 0.25) is 5.95 Å². The van der Waals surface area contributed by atoms with Gasteiger partial charge < -0.3 is 4.90 Å². The third-order valence-corrected chi connectivity index (χ3v) is 2.79. The molecule has 0 bridgehead atoms. The molecule has 1 fully saturated rings. The third kappa shape index (κ3) is 1.69. The molecule has 1 aromatic rings. The molecule has 3 nitrogen and oxygen atoms in total. The zero-order chi connectivity index (χ0) is 8.23. The fourth-order valence-electron chi connectivity index (χ4n) is 1.22. The summed E-state index contributed by atoms with van der Waals surface area (Å²) in [6.07, 6.45) is 3.59. The molecular formula is C8H11N3S. The van der Waals surface area contributed by atoms with Crippen molar-refractivity contribution in [3.63, 3.8) is 0 Å². The van der Waals surface area contributed by atoms with Crippen LogP contribution in [-0.4, -0.2) is 34.6 Å². The quantitative estimate of drug-likeness (QED) is 0.647. The van der Waals surface area contributed by atoms with Gasteiger partial charge in [0.15, 0.2) is 0 Å². The molecule has 0 amide bonds. The highest BCUT2D eigenvalue weighted by Gasteiger charge is 2.11. The van der Waals surface area contributed by atoms with Crippen molar-refractivity contribution in [2.24, 2.45) is 0 Å². The summed E-state index contributed by atoms with van der Waals surface area (Å²) in [6.45, 7) is 2.16. The van der Waals surface area contributed by atoms with Crippen LogP contribution >= 0.6 is 11.8 Å². The minimum absolute atomic E-state index is 0.873. The second kappa shape index (κ2) is 3.76. The Morgan fingerprint density at radius 1 is 1.17 bits per heavy atom. The molecule has 0 radical (unpaired) electrons. The van der Waals surface area contributed by atoms with Crippen LogP contribution in [0.5, 0.6) is 0 Å². The first-order chi connectivity index (χ1) is 5.97. The molecule has 2 heterocycles. The van der Waals surface area contributed by atoms with Crippen LogP contribution in [0.15, 0.2) is 18.5 Å². The van der Waals surface area contributed by atoms with Crippen molar-refractivity contribution >= 4 is 17.7 Å². The van der Waals surface area contributed by atoms with Gasteiger partial charge in [-0.1, -0.05) is 0 Å². The Kier molecular flexibility index (Phi) is 2.46. The minimum Gasteiger partial charge on any atom is -0.339 e. The van der Waals surface area contributed by atoms with Gasteiger partial charge in [0.05, 0.1) is 0 Å². The topological polar surface area (TPSA) is 29.0 Å². The molecule has 1 aromatic heterocycles. The predicted molar refractivity (Wildman–Crippen MR) is 51.6 cm³/mol. The maximum Gasteiger partial charge on any atom is 0.225 e. The van der Waals surface area contributed by atoms with E-state index in [4.69, 9.17) is 0 Å². The van der Waals surface area contributed by atoms with Crippen molar-refractivity contribution in [2.45, 2.75) is 0 Å². The molecule has 2 rings (SSSR count). The maximum atomic E-state index is 4.21. The zero-order valence-corrected chi connectivity index (χ0v) is 7.63. The lowest BCUT2D eigenvalue weighted by Gasteiger charge is -2.25. The van der Waals surface area contributed by atoms with E-state index in [1.165, 1.54) is 11.5 Å². The molecule has 64 valence electrons. The van der Waals surface area contributed by atoms with Crippen LogP contribution in [0, 0.1) is 0 Å². The molecule has 1 aliphatic rings. The number of hydrogen-bond donors (Lipinski definition) is 0. The Morgan fingerprint density at radius 3 is 2.50 bits per heavy atom. The van der Waals surface area contributed by atoms with Crippen LogP contribution in [0.1, 0.15) is 0 Å². The second-order valence-corrected chi connectivity index (χ2v) is 3.87. The van der Waals surface area contributed by atoms with Gasteiger partial charge in [-0.15, -0.1) is 0 Å². The Labute approximate surface area is 76.2 Å². The van der Waals surface area contributed by atoms with Gasteiger partial charge in [-0.25, -0.2) is 9.97 Å². The number of aromatic nitrogens is 2. The lowest BCUT2D eigenvalue weighted by molar-refractivity contribution is 0.815. The molecular weight excluding hydrogens is 170 g/mol. The highest BCUT2D eigenvalue weighted by atomic mass is 32.2. The first-order valence-corrected chi connectivity index (χ1v) is 5.22. The van der Waals surface area contributed by atoms with Gasteiger partial charge in [-0.3, -0.25) is 0 Å². The summed E-state index contributed by atoms with van der Waals surface area (Å²) < 4.78 is 0. The number of hydrogen-bond acceptors (Lipinski definition) is 4. The van der Waals surface area contributed by atoms with Gasteiger partial charge in [0.1, 0.15) is 0 Å². The summed E-state index contributed by atoms with van der Waals surface area (Å²) in [4.78, 5) is 10.6. The van der Waals surface area contributed by atoms with Gasteiger partial charge >= 0.3 is 0 Å². The second-order valence-electron chi connectivity index (χ2n) is 2.65. The highest BCUT2D eigenvalue weighted by molar-refractivity contribution is 7.99. The number of thioether (sulfide) groups is 1. The van der Waals surface area contributed by atoms with E-state index in [1.54, 1.807) is 12.4 Å². The van der Waals surface area contributed by atoms with Gasteiger partial charge in [0.25, 0.3) is 0 Å². The smallest absolute Gasteiger partial charge is 0.225 e. The SMILES string of the molecule is c1cnc(N2CCSCC2)nc1. The molecule has 0 saturated carbocycles. The molecule has 0 aromatic carbocycles. The van der Waals surface area contributed by atoms with E-state index in [2.05, 4.69) is 14.9 Å². The first-order valence-electron chi connectivity index (χ1n) is 4.06. The number of anilines is 1. The van der Waals surface area contributed by atoms with E-state index in [-0.39, 0.29) is 0 Å². The molecule has 1 saturated heterocycles. The fourth-order valence-corrected chi connectivity index (χ4v) is 2.12. The van der Waals surface area contributed by atoms with Crippen LogP contribution in [0.2, 0.25) is 0 Å². The average molecular weight is 181 g/mol. The highest BCUT2D eigenvalue weighted by Crippen LogP contribution is 2.13. The van der Waals surface area contributed by atoms with Crippen molar-refractivity contribution in [3.8, 4) is 0 Å². The lowest BCUT2D eigenvalue weighted by Crippen LogP contribution is -2.33. The summed E-state index contributed by atoms with van der Waals surface area (Å²) in [7, 11) is 0. The maximum absolute atomic E-state index is 4.21. The van der Waals surface area contributed by atoms with E-state index in [1.807, 2.05) is 17.8 Å². The van der Waals surface area contributed by atoms with Crippen molar-refractivity contribution in [3.05, 3.63) is 18.5 Å². The molecule has 0 atom stereocenters. The Balaban J connectivity index is 2.08. The van der Waals surface area contributed by atoms with Gasteiger partial charge in [-0.2, -0.15) is 11.8 Å². The van der Waals surface area contributed by atoms with Crippen LogP contribution in [0.3, 0.4) is 0 Å². The predicted octanol–water partition coefficient (Wildman–Crippen LogP) is 1.03. The summed E-state index contributed by atoms with van der Waals surface area (Å²) in [6, 6.07) is 1.85. The van der Waals surface area contributed by atoms with E-state index >= 15 is 0 Å². The normalized spacial score (nSPS) is 17.8. The molecule has 1 aliphatic heterocycles. The van der Waals surface area contributed by atoms with Crippen molar-refractivity contribution in [1.82, 2.24) is 9.97 Å². The van der Waals surface area contributed by atoms with Crippen LogP contribution < -0.4 is 4.90 Å². The Morgan fingerprint density at radius 2 is 1.83 bits per heavy atom. The monoisotopic (exact) mass is 181 g/mol. The van der Waals surface area contributed by atoms with E-state index in [0.717, 1.165) is 19.0 Å². The average Bonchev–Trinajstić information content (AvgIpc) is 2.21. The van der Waals surface area contributed by atoms with Crippen LogP contribution in [-0.2, 0) is 0 Å². The number of nitrogens with zero attached hydrogens (tertiary/aromatic N) is 3. The van der Waals surface area contributed by atoms with Gasteiger partial charge in [0, 0.05) is 37.0 Å². The Hall–Kier alpha value is -0.770.